The van der Waals surface area contributed by atoms with E-state index in [-0.39, 0.29) is 12.0 Å². The quantitative estimate of drug-likeness (QED) is 0.866. The van der Waals surface area contributed by atoms with Gasteiger partial charge in [-0.25, -0.2) is 0 Å². The Morgan fingerprint density at radius 1 is 1.33 bits per heavy atom. The predicted molar refractivity (Wildman–Crippen MR) is 61.3 cm³/mol. The van der Waals surface area contributed by atoms with Crippen LogP contribution in [0.3, 0.4) is 0 Å². The largest absolute Gasteiger partial charge is 0.481 e. The number of rotatable bonds is 5. The van der Waals surface area contributed by atoms with Gasteiger partial charge in [-0.3, -0.25) is 4.79 Å². The Hall–Kier alpha value is -1.52. The fraction of sp³-hybridized carbons (Fsp3) is 0.462. The normalized spacial score (nSPS) is 13.3. The van der Waals surface area contributed by atoms with Crippen molar-refractivity contribution in [2.45, 2.75) is 38.3 Å². The van der Waals surface area contributed by atoms with Gasteiger partial charge in [0, 0.05) is 0 Å². The minimum atomic E-state index is -4.52. The molecule has 5 heteroatoms. The van der Waals surface area contributed by atoms with Crippen molar-refractivity contribution in [3.05, 3.63) is 35.4 Å². The number of alkyl halides is 3. The molecule has 18 heavy (non-hydrogen) atoms. The molecule has 0 spiro atoms. The average Bonchev–Trinajstić information content (AvgIpc) is 2.28. The van der Waals surface area contributed by atoms with Crippen LogP contribution >= 0.6 is 0 Å². The fourth-order valence-electron chi connectivity index (χ4n) is 1.88. The first-order valence-electron chi connectivity index (χ1n) is 5.76. The molecular weight excluding hydrogens is 245 g/mol. The summed E-state index contributed by atoms with van der Waals surface area (Å²) < 4.78 is 38.4. The van der Waals surface area contributed by atoms with Crippen LogP contribution in [0.2, 0.25) is 0 Å². The first-order valence-corrected chi connectivity index (χ1v) is 5.76. The number of aliphatic carboxylic acids is 1. The van der Waals surface area contributed by atoms with Gasteiger partial charge in [0.2, 0.25) is 0 Å². The highest BCUT2D eigenvalue weighted by atomic mass is 19.4. The van der Waals surface area contributed by atoms with Crippen LogP contribution in [0.4, 0.5) is 13.2 Å². The van der Waals surface area contributed by atoms with Gasteiger partial charge in [0.15, 0.2) is 0 Å². The van der Waals surface area contributed by atoms with Gasteiger partial charge in [-0.05, 0) is 18.1 Å². The van der Waals surface area contributed by atoms with Gasteiger partial charge in [0.05, 0.1) is 11.5 Å². The standard InChI is InChI=1S/C13H15F3O2/c1-2-3-6-10(12(17)18)9-7-4-5-8-11(9)13(14,15)16/h4-5,7-8,10H,2-3,6H2,1H3,(H,17,18). The van der Waals surface area contributed by atoms with Gasteiger partial charge >= 0.3 is 12.1 Å². The number of carboxylic acids is 1. The number of carbonyl (C=O) groups is 1. The molecule has 1 N–H and O–H groups in total. The van der Waals surface area contributed by atoms with Crippen molar-refractivity contribution in [2.24, 2.45) is 0 Å². The summed E-state index contributed by atoms with van der Waals surface area (Å²) in [4.78, 5) is 11.1. The molecule has 0 saturated carbocycles. The molecule has 1 rings (SSSR count). The third kappa shape index (κ3) is 3.48. The number of unbranched alkanes of at least 4 members (excludes halogenated alkanes) is 1. The van der Waals surface area contributed by atoms with E-state index >= 15 is 0 Å². The molecule has 0 aliphatic heterocycles. The van der Waals surface area contributed by atoms with Gasteiger partial charge in [0.25, 0.3) is 0 Å². The lowest BCUT2D eigenvalue weighted by atomic mass is 9.90. The zero-order chi connectivity index (χ0) is 13.8. The summed E-state index contributed by atoms with van der Waals surface area (Å²) in [5.41, 5.74) is -1.00. The fourth-order valence-corrected chi connectivity index (χ4v) is 1.88. The van der Waals surface area contributed by atoms with Crippen molar-refractivity contribution >= 4 is 5.97 Å². The summed E-state index contributed by atoms with van der Waals surface area (Å²) in [6, 6.07) is 4.88. The smallest absolute Gasteiger partial charge is 0.416 e. The van der Waals surface area contributed by atoms with E-state index in [1.165, 1.54) is 18.2 Å². The maximum Gasteiger partial charge on any atom is 0.416 e. The van der Waals surface area contributed by atoms with Gasteiger partial charge < -0.3 is 5.11 Å². The van der Waals surface area contributed by atoms with E-state index in [1.807, 2.05) is 6.92 Å². The van der Waals surface area contributed by atoms with Gasteiger partial charge in [-0.1, -0.05) is 38.0 Å². The molecule has 0 aliphatic carbocycles. The number of benzene rings is 1. The molecule has 1 aromatic rings. The van der Waals surface area contributed by atoms with Crippen LogP contribution in [0.1, 0.15) is 43.2 Å². The van der Waals surface area contributed by atoms with Gasteiger partial charge in [0.1, 0.15) is 0 Å². The maximum absolute atomic E-state index is 12.8. The molecule has 1 aromatic carbocycles. The summed E-state index contributed by atoms with van der Waals surface area (Å²) in [5, 5.41) is 9.08. The second-order valence-corrected chi connectivity index (χ2v) is 4.12. The van der Waals surface area contributed by atoms with E-state index in [0.29, 0.717) is 6.42 Å². The highest BCUT2D eigenvalue weighted by Gasteiger charge is 2.36. The first-order chi connectivity index (χ1) is 8.38. The monoisotopic (exact) mass is 260 g/mol. The molecule has 1 unspecified atom stereocenters. The molecule has 1 atom stereocenters. The predicted octanol–water partition coefficient (Wildman–Crippen LogP) is 4.06. The minimum Gasteiger partial charge on any atom is -0.481 e. The van der Waals surface area contributed by atoms with E-state index in [9.17, 15) is 18.0 Å². The van der Waals surface area contributed by atoms with Crippen LogP contribution in [0, 0.1) is 0 Å². The Kier molecular flexibility index (Phi) is 4.76. The highest BCUT2D eigenvalue weighted by Crippen LogP contribution is 2.36. The minimum absolute atomic E-state index is 0.147. The molecular formula is C13H15F3O2. The number of carboxylic acid groups (broad SMARTS) is 1. The van der Waals surface area contributed by atoms with Gasteiger partial charge in [-0.2, -0.15) is 13.2 Å². The Morgan fingerprint density at radius 3 is 2.44 bits per heavy atom. The maximum atomic E-state index is 12.8. The van der Waals surface area contributed by atoms with Crippen molar-refractivity contribution in [3.8, 4) is 0 Å². The SMILES string of the molecule is CCCCC(C(=O)O)c1ccccc1C(F)(F)F. The zero-order valence-electron chi connectivity index (χ0n) is 10.00. The summed E-state index contributed by atoms with van der Waals surface area (Å²) >= 11 is 0. The number of halogens is 3. The zero-order valence-corrected chi connectivity index (χ0v) is 10.00. The molecule has 100 valence electrons. The Morgan fingerprint density at radius 2 is 1.94 bits per heavy atom. The van der Waals surface area contributed by atoms with Crippen LogP contribution in [-0.4, -0.2) is 11.1 Å². The van der Waals surface area contributed by atoms with Crippen molar-refractivity contribution in [1.82, 2.24) is 0 Å². The lowest BCUT2D eigenvalue weighted by Crippen LogP contribution is -2.17. The van der Waals surface area contributed by atoms with Crippen LogP contribution < -0.4 is 0 Å². The average molecular weight is 260 g/mol. The van der Waals surface area contributed by atoms with Crippen molar-refractivity contribution in [3.63, 3.8) is 0 Å². The van der Waals surface area contributed by atoms with Gasteiger partial charge in [-0.15, -0.1) is 0 Å². The molecule has 2 nitrogen and oxygen atoms in total. The highest BCUT2D eigenvalue weighted by molar-refractivity contribution is 5.76. The molecule has 0 amide bonds. The Bertz CT molecular complexity index is 413. The lowest BCUT2D eigenvalue weighted by Gasteiger charge is -2.18. The molecule has 0 aliphatic rings. The summed E-state index contributed by atoms with van der Waals surface area (Å²) in [6.45, 7) is 1.87. The van der Waals surface area contributed by atoms with E-state index in [4.69, 9.17) is 5.11 Å². The van der Waals surface area contributed by atoms with Crippen LogP contribution in [0.15, 0.2) is 24.3 Å². The van der Waals surface area contributed by atoms with Crippen LogP contribution in [-0.2, 0) is 11.0 Å². The van der Waals surface area contributed by atoms with E-state index in [2.05, 4.69) is 0 Å². The molecule has 0 radical (unpaired) electrons. The first kappa shape index (κ1) is 14.5. The topological polar surface area (TPSA) is 37.3 Å². The summed E-state index contributed by atoms with van der Waals surface area (Å²) in [7, 11) is 0. The molecule has 0 heterocycles. The van der Waals surface area contributed by atoms with Crippen molar-refractivity contribution in [1.29, 1.82) is 0 Å². The summed E-state index contributed by atoms with van der Waals surface area (Å²) in [5.74, 6) is -2.30. The number of hydrogen-bond acceptors (Lipinski definition) is 1. The van der Waals surface area contributed by atoms with E-state index < -0.39 is 23.6 Å². The van der Waals surface area contributed by atoms with E-state index in [1.54, 1.807) is 0 Å². The van der Waals surface area contributed by atoms with Crippen LogP contribution in [0.5, 0.6) is 0 Å². The molecule has 0 saturated heterocycles. The Labute approximate surface area is 103 Å². The van der Waals surface area contributed by atoms with E-state index in [0.717, 1.165) is 12.5 Å². The second-order valence-electron chi connectivity index (χ2n) is 4.12. The molecule has 0 aromatic heterocycles. The third-order valence-corrected chi connectivity index (χ3v) is 2.79. The van der Waals surface area contributed by atoms with Crippen molar-refractivity contribution in [2.75, 3.05) is 0 Å². The number of hydrogen-bond donors (Lipinski definition) is 1. The van der Waals surface area contributed by atoms with Crippen LogP contribution in [0.25, 0.3) is 0 Å². The Balaban J connectivity index is 3.16. The molecule has 0 bridgehead atoms. The lowest BCUT2D eigenvalue weighted by molar-refractivity contribution is -0.141. The third-order valence-electron chi connectivity index (χ3n) is 2.79. The van der Waals surface area contributed by atoms with Crippen molar-refractivity contribution < 1.29 is 23.1 Å². The summed E-state index contributed by atoms with van der Waals surface area (Å²) in [6.07, 6.45) is -2.96. The second kappa shape index (κ2) is 5.89. The molecule has 0 fully saturated rings.